The quantitative estimate of drug-likeness (QED) is 0.455. The van der Waals surface area contributed by atoms with Crippen molar-refractivity contribution in [3.05, 3.63) is 44.0 Å². The average Bonchev–Trinajstić information content (AvgIpc) is 3.12. The van der Waals surface area contributed by atoms with Crippen molar-refractivity contribution in [2.45, 2.75) is 33.1 Å². The molecule has 2 saturated carbocycles. The standard InChI is InChI=1S/C17H20N2O6/c1-17(2)12-4-3-10(5-12)15(17)9-25-16(20)11-6-13(18(21)22)8-14(7-11)19(23)24/h6-8,10,12,15H,3-5,9H2,1-2H3/t10-,12+,15-/m1/s1. The number of esters is 1. The van der Waals surface area contributed by atoms with Gasteiger partial charge in [0.1, 0.15) is 0 Å². The molecule has 8 nitrogen and oxygen atoms in total. The smallest absolute Gasteiger partial charge is 0.338 e. The summed E-state index contributed by atoms with van der Waals surface area (Å²) in [4.78, 5) is 32.6. The van der Waals surface area contributed by atoms with Gasteiger partial charge in [-0.3, -0.25) is 20.2 Å². The van der Waals surface area contributed by atoms with E-state index in [1.165, 1.54) is 6.42 Å². The molecule has 1 aromatic carbocycles. The minimum Gasteiger partial charge on any atom is -0.462 e. The van der Waals surface area contributed by atoms with Crippen molar-refractivity contribution < 1.29 is 19.4 Å². The first kappa shape index (κ1) is 17.3. The van der Waals surface area contributed by atoms with E-state index in [1.54, 1.807) is 0 Å². The molecule has 2 aliphatic rings. The lowest BCUT2D eigenvalue weighted by atomic mass is 9.69. The van der Waals surface area contributed by atoms with Crippen LogP contribution >= 0.6 is 0 Å². The van der Waals surface area contributed by atoms with Gasteiger partial charge in [-0.2, -0.15) is 0 Å². The van der Waals surface area contributed by atoms with E-state index in [0.29, 0.717) is 11.8 Å². The Morgan fingerprint density at radius 1 is 1.16 bits per heavy atom. The maximum absolute atomic E-state index is 12.3. The highest BCUT2D eigenvalue weighted by molar-refractivity contribution is 5.91. The molecule has 1 aromatic rings. The van der Waals surface area contributed by atoms with Gasteiger partial charge in [0.05, 0.1) is 28.1 Å². The van der Waals surface area contributed by atoms with Crippen LogP contribution in [0.1, 0.15) is 43.5 Å². The second-order valence-electron chi connectivity index (χ2n) is 7.55. The minimum atomic E-state index is -0.761. The number of carbonyl (C=O) groups is 1. The molecular formula is C17H20N2O6. The zero-order valence-corrected chi connectivity index (χ0v) is 14.1. The summed E-state index contributed by atoms with van der Waals surface area (Å²) in [5.41, 5.74) is -1.07. The fraction of sp³-hybridized carbons (Fsp3) is 0.588. The predicted octanol–water partition coefficient (Wildman–Crippen LogP) is 3.73. The third kappa shape index (κ3) is 3.08. The van der Waals surface area contributed by atoms with Crippen LogP contribution in [0.25, 0.3) is 0 Å². The number of carbonyl (C=O) groups excluding carboxylic acids is 1. The lowest BCUT2D eigenvalue weighted by molar-refractivity contribution is -0.394. The Kier molecular flexibility index (Phi) is 4.22. The van der Waals surface area contributed by atoms with Gasteiger partial charge in [0, 0.05) is 18.1 Å². The van der Waals surface area contributed by atoms with Gasteiger partial charge in [-0.1, -0.05) is 13.8 Å². The van der Waals surface area contributed by atoms with Crippen LogP contribution in [-0.4, -0.2) is 22.4 Å². The van der Waals surface area contributed by atoms with E-state index in [-0.39, 0.29) is 23.5 Å². The van der Waals surface area contributed by atoms with Crippen molar-refractivity contribution in [1.29, 1.82) is 0 Å². The van der Waals surface area contributed by atoms with Crippen molar-refractivity contribution in [2.24, 2.45) is 23.2 Å². The van der Waals surface area contributed by atoms with Gasteiger partial charge < -0.3 is 4.74 Å². The first-order valence-corrected chi connectivity index (χ1v) is 8.31. The molecule has 25 heavy (non-hydrogen) atoms. The number of ether oxygens (including phenoxy) is 1. The van der Waals surface area contributed by atoms with Gasteiger partial charge in [0.15, 0.2) is 0 Å². The van der Waals surface area contributed by atoms with E-state index in [0.717, 1.165) is 31.0 Å². The molecule has 0 radical (unpaired) electrons. The SMILES string of the molecule is CC1(C)[C@H]2CC[C@H](C2)[C@H]1COC(=O)c1cc([N+](=O)[O-])cc([N+](=O)[O-])c1. The van der Waals surface area contributed by atoms with E-state index < -0.39 is 27.2 Å². The van der Waals surface area contributed by atoms with Crippen LogP contribution in [0, 0.1) is 43.4 Å². The molecule has 0 aliphatic heterocycles. The number of hydrogen-bond acceptors (Lipinski definition) is 6. The van der Waals surface area contributed by atoms with Crippen LogP contribution in [0.15, 0.2) is 18.2 Å². The molecule has 0 unspecified atom stereocenters. The molecule has 0 heterocycles. The molecular weight excluding hydrogens is 328 g/mol. The van der Waals surface area contributed by atoms with Gasteiger partial charge in [-0.15, -0.1) is 0 Å². The Bertz CT molecular complexity index is 712. The summed E-state index contributed by atoms with van der Waals surface area (Å²) in [7, 11) is 0. The summed E-state index contributed by atoms with van der Waals surface area (Å²) in [5, 5.41) is 21.8. The molecule has 2 bridgehead atoms. The second kappa shape index (κ2) is 6.09. The molecule has 3 atom stereocenters. The van der Waals surface area contributed by atoms with E-state index in [9.17, 15) is 25.0 Å². The fourth-order valence-corrected chi connectivity index (χ4v) is 4.49. The average molecular weight is 348 g/mol. The van der Waals surface area contributed by atoms with E-state index in [1.807, 2.05) is 0 Å². The fourth-order valence-electron chi connectivity index (χ4n) is 4.49. The lowest BCUT2D eigenvalue weighted by Crippen LogP contribution is -2.34. The Hall–Kier alpha value is -2.51. The number of fused-ring (bicyclic) bond motifs is 2. The number of nitro benzene ring substituents is 2. The number of rotatable bonds is 5. The Morgan fingerprint density at radius 2 is 1.76 bits per heavy atom. The summed E-state index contributed by atoms with van der Waals surface area (Å²) >= 11 is 0. The molecule has 2 aliphatic carbocycles. The van der Waals surface area contributed by atoms with Crippen LogP contribution in [-0.2, 0) is 4.74 Å². The molecule has 0 spiro atoms. The number of nitro groups is 2. The minimum absolute atomic E-state index is 0.0951. The van der Waals surface area contributed by atoms with Gasteiger partial charge in [-0.05, 0) is 36.5 Å². The lowest BCUT2D eigenvalue weighted by Gasteiger charge is -2.37. The van der Waals surface area contributed by atoms with Crippen LogP contribution in [0.5, 0.6) is 0 Å². The van der Waals surface area contributed by atoms with Crippen molar-refractivity contribution in [1.82, 2.24) is 0 Å². The number of benzene rings is 1. The zero-order valence-electron chi connectivity index (χ0n) is 14.1. The summed E-state index contributed by atoms with van der Waals surface area (Å²) in [6.45, 7) is 4.62. The normalized spacial score (nSPS) is 26.4. The Labute approximate surface area is 144 Å². The van der Waals surface area contributed by atoms with Gasteiger partial charge >= 0.3 is 5.97 Å². The van der Waals surface area contributed by atoms with Crippen molar-refractivity contribution in [3.8, 4) is 0 Å². The first-order chi connectivity index (χ1) is 11.7. The highest BCUT2D eigenvalue weighted by Gasteiger charge is 2.52. The number of non-ortho nitro benzene ring substituents is 2. The molecule has 134 valence electrons. The first-order valence-electron chi connectivity index (χ1n) is 8.31. The van der Waals surface area contributed by atoms with Crippen LogP contribution in [0.3, 0.4) is 0 Å². The van der Waals surface area contributed by atoms with Crippen LogP contribution in [0.2, 0.25) is 0 Å². The number of hydrogen-bond donors (Lipinski definition) is 0. The highest BCUT2D eigenvalue weighted by Crippen LogP contribution is 2.59. The van der Waals surface area contributed by atoms with E-state index in [2.05, 4.69) is 13.8 Å². The van der Waals surface area contributed by atoms with Gasteiger partial charge in [0.25, 0.3) is 11.4 Å². The largest absolute Gasteiger partial charge is 0.462 e. The van der Waals surface area contributed by atoms with Crippen molar-refractivity contribution >= 4 is 17.3 Å². The third-order valence-corrected chi connectivity index (χ3v) is 6.00. The molecule has 2 fully saturated rings. The topological polar surface area (TPSA) is 113 Å². The molecule has 8 heteroatoms. The summed E-state index contributed by atoms with van der Waals surface area (Å²) in [5.74, 6) is 0.668. The van der Waals surface area contributed by atoms with Gasteiger partial charge in [-0.25, -0.2) is 4.79 Å². The maximum atomic E-state index is 12.3. The third-order valence-electron chi connectivity index (χ3n) is 6.00. The summed E-state index contributed by atoms with van der Waals surface area (Å²) in [6, 6.07) is 2.86. The summed E-state index contributed by atoms with van der Waals surface area (Å²) < 4.78 is 5.39. The van der Waals surface area contributed by atoms with E-state index in [4.69, 9.17) is 4.74 Å². The van der Waals surface area contributed by atoms with E-state index >= 15 is 0 Å². The molecule has 0 aromatic heterocycles. The molecule has 0 saturated heterocycles. The van der Waals surface area contributed by atoms with Crippen LogP contribution in [0.4, 0.5) is 11.4 Å². The highest BCUT2D eigenvalue weighted by atomic mass is 16.6. The second-order valence-corrected chi connectivity index (χ2v) is 7.55. The monoisotopic (exact) mass is 348 g/mol. The zero-order chi connectivity index (χ0) is 18.4. The molecule has 0 N–H and O–H groups in total. The Balaban J connectivity index is 1.75. The van der Waals surface area contributed by atoms with Crippen molar-refractivity contribution in [2.75, 3.05) is 6.61 Å². The Morgan fingerprint density at radius 3 is 2.24 bits per heavy atom. The maximum Gasteiger partial charge on any atom is 0.338 e. The number of nitrogens with zero attached hydrogens (tertiary/aromatic N) is 2. The predicted molar refractivity (Wildman–Crippen MR) is 88.1 cm³/mol. The summed E-state index contributed by atoms with van der Waals surface area (Å²) in [6.07, 6.45) is 3.50. The van der Waals surface area contributed by atoms with Crippen molar-refractivity contribution in [3.63, 3.8) is 0 Å². The molecule has 3 rings (SSSR count). The molecule has 0 amide bonds. The van der Waals surface area contributed by atoms with Gasteiger partial charge in [0.2, 0.25) is 0 Å². The van der Waals surface area contributed by atoms with Crippen LogP contribution < -0.4 is 0 Å².